The van der Waals surface area contributed by atoms with Crippen LogP contribution in [-0.2, 0) is 31.4 Å². The molecule has 1 N–H and O–H groups in total. The second-order valence-electron chi connectivity index (χ2n) is 8.66. The largest absolute Gasteiger partial charge is 0.379 e. The fourth-order valence-corrected chi connectivity index (χ4v) is 4.54. The molecule has 31 heavy (non-hydrogen) atoms. The molecule has 1 saturated heterocycles. The highest BCUT2D eigenvalue weighted by Crippen LogP contribution is 2.24. The van der Waals surface area contributed by atoms with E-state index in [1.54, 1.807) is 12.1 Å². The van der Waals surface area contributed by atoms with Crippen LogP contribution in [0.3, 0.4) is 0 Å². The SMILES string of the molecule is Cc1ccc(S(=O)(=O)N2CCOCC2)cc1NC(=O)CCCc1nc(C(C)(C)C)no1. The van der Waals surface area contributed by atoms with Crippen molar-refractivity contribution in [2.45, 2.75) is 57.3 Å². The number of nitrogens with one attached hydrogen (secondary N) is 1. The number of nitrogens with zero attached hydrogens (tertiary/aromatic N) is 3. The lowest BCUT2D eigenvalue weighted by Crippen LogP contribution is -2.40. The molecule has 1 aliphatic heterocycles. The molecule has 2 heterocycles. The van der Waals surface area contributed by atoms with E-state index in [9.17, 15) is 13.2 Å². The Labute approximate surface area is 183 Å². The maximum Gasteiger partial charge on any atom is 0.243 e. The molecule has 1 fully saturated rings. The Hall–Kier alpha value is -2.30. The third-order valence-corrected chi connectivity index (χ3v) is 6.92. The van der Waals surface area contributed by atoms with E-state index < -0.39 is 10.0 Å². The Kier molecular flexibility index (Phi) is 7.13. The van der Waals surface area contributed by atoms with Gasteiger partial charge in [-0.1, -0.05) is 32.0 Å². The summed E-state index contributed by atoms with van der Waals surface area (Å²) in [6.07, 6.45) is 1.30. The summed E-state index contributed by atoms with van der Waals surface area (Å²) in [6.45, 7) is 9.25. The van der Waals surface area contributed by atoms with Gasteiger partial charge in [0.1, 0.15) is 0 Å². The molecule has 9 nitrogen and oxygen atoms in total. The number of hydrogen-bond donors (Lipinski definition) is 1. The molecular weight excluding hydrogens is 420 g/mol. The van der Waals surface area contributed by atoms with E-state index in [1.807, 2.05) is 27.7 Å². The van der Waals surface area contributed by atoms with E-state index in [0.717, 1.165) is 5.56 Å². The molecule has 170 valence electrons. The molecule has 0 bridgehead atoms. The van der Waals surface area contributed by atoms with Gasteiger partial charge in [-0.2, -0.15) is 9.29 Å². The smallest absolute Gasteiger partial charge is 0.243 e. The number of ether oxygens (including phenoxy) is 1. The van der Waals surface area contributed by atoms with Gasteiger partial charge in [0.05, 0.1) is 18.1 Å². The van der Waals surface area contributed by atoms with Gasteiger partial charge in [0.25, 0.3) is 0 Å². The van der Waals surface area contributed by atoms with E-state index in [4.69, 9.17) is 9.26 Å². The number of carbonyl (C=O) groups excluding carboxylic acids is 1. The van der Waals surface area contributed by atoms with Crippen molar-refractivity contribution in [3.05, 3.63) is 35.5 Å². The predicted octanol–water partition coefficient (Wildman–Crippen LogP) is 2.66. The van der Waals surface area contributed by atoms with Gasteiger partial charge in [0.2, 0.25) is 21.8 Å². The fourth-order valence-electron chi connectivity index (χ4n) is 3.11. The molecule has 1 amide bonds. The summed E-state index contributed by atoms with van der Waals surface area (Å²) in [4.78, 5) is 17.0. The van der Waals surface area contributed by atoms with Crippen molar-refractivity contribution in [2.24, 2.45) is 0 Å². The van der Waals surface area contributed by atoms with Crippen LogP contribution in [0.25, 0.3) is 0 Å². The third-order valence-electron chi connectivity index (χ3n) is 5.02. The van der Waals surface area contributed by atoms with Crippen molar-refractivity contribution in [3.63, 3.8) is 0 Å². The van der Waals surface area contributed by atoms with E-state index in [2.05, 4.69) is 15.5 Å². The lowest BCUT2D eigenvalue weighted by molar-refractivity contribution is -0.116. The van der Waals surface area contributed by atoms with Crippen LogP contribution in [-0.4, -0.2) is 55.1 Å². The van der Waals surface area contributed by atoms with E-state index in [0.29, 0.717) is 56.5 Å². The van der Waals surface area contributed by atoms with Crippen molar-refractivity contribution in [1.82, 2.24) is 14.4 Å². The molecule has 2 aromatic rings. The molecule has 1 aliphatic rings. The number of rotatable bonds is 7. The summed E-state index contributed by atoms with van der Waals surface area (Å²) < 4.78 is 37.6. The number of hydrogen-bond acceptors (Lipinski definition) is 7. The molecular formula is C21H30N4O5S. The van der Waals surface area contributed by atoms with Crippen LogP contribution in [0.1, 0.15) is 50.9 Å². The molecule has 3 rings (SSSR count). The number of amides is 1. The predicted molar refractivity (Wildman–Crippen MR) is 115 cm³/mol. The number of benzene rings is 1. The molecule has 0 atom stereocenters. The molecule has 0 unspecified atom stereocenters. The summed E-state index contributed by atoms with van der Waals surface area (Å²) in [5.41, 5.74) is 1.09. The Morgan fingerprint density at radius 1 is 1.23 bits per heavy atom. The van der Waals surface area contributed by atoms with Crippen molar-refractivity contribution in [2.75, 3.05) is 31.6 Å². The number of anilines is 1. The minimum atomic E-state index is -3.63. The summed E-state index contributed by atoms with van der Waals surface area (Å²) >= 11 is 0. The summed E-state index contributed by atoms with van der Waals surface area (Å²) in [6, 6.07) is 4.79. The van der Waals surface area contributed by atoms with Gasteiger partial charge in [0, 0.05) is 37.0 Å². The summed E-state index contributed by atoms with van der Waals surface area (Å²) in [5.74, 6) is 0.952. The highest BCUT2D eigenvalue weighted by Gasteiger charge is 2.27. The zero-order valence-corrected chi connectivity index (χ0v) is 19.3. The molecule has 10 heteroatoms. The van der Waals surface area contributed by atoms with Crippen molar-refractivity contribution >= 4 is 21.6 Å². The highest BCUT2D eigenvalue weighted by molar-refractivity contribution is 7.89. The molecule has 0 spiro atoms. The number of carbonyl (C=O) groups is 1. The maximum absolute atomic E-state index is 12.9. The van der Waals surface area contributed by atoms with Crippen LogP contribution < -0.4 is 5.32 Å². The zero-order valence-electron chi connectivity index (χ0n) is 18.5. The lowest BCUT2D eigenvalue weighted by atomic mass is 9.96. The Bertz CT molecular complexity index is 1020. The lowest BCUT2D eigenvalue weighted by Gasteiger charge is -2.26. The number of sulfonamides is 1. The molecule has 0 radical (unpaired) electrons. The Morgan fingerprint density at radius 3 is 2.58 bits per heavy atom. The van der Waals surface area contributed by atoms with Crippen LogP contribution >= 0.6 is 0 Å². The van der Waals surface area contributed by atoms with Crippen molar-refractivity contribution in [3.8, 4) is 0 Å². The van der Waals surface area contributed by atoms with Crippen molar-refractivity contribution < 1.29 is 22.5 Å². The standard InChI is InChI=1S/C21H30N4O5S/c1-15-8-9-16(31(27,28)25-10-12-29-13-11-25)14-17(15)22-18(26)6-5-7-19-23-20(24-30-19)21(2,3)4/h8-9,14H,5-7,10-13H2,1-4H3,(H,22,26). The van der Waals surface area contributed by atoms with Crippen molar-refractivity contribution in [1.29, 1.82) is 0 Å². The van der Waals surface area contributed by atoms with E-state index >= 15 is 0 Å². The average molecular weight is 451 g/mol. The first-order chi connectivity index (χ1) is 14.6. The van der Waals surface area contributed by atoms with Gasteiger partial charge in [-0.25, -0.2) is 8.42 Å². The van der Waals surface area contributed by atoms with Crippen LogP contribution in [0.5, 0.6) is 0 Å². The highest BCUT2D eigenvalue weighted by atomic mass is 32.2. The first kappa shape index (κ1) is 23.4. The maximum atomic E-state index is 12.9. The Morgan fingerprint density at radius 2 is 1.94 bits per heavy atom. The summed E-state index contributed by atoms with van der Waals surface area (Å²) in [5, 5.41) is 6.81. The molecule has 1 aromatic carbocycles. The minimum absolute atomic E-state index is 0.163. The molecule has 0 saturated carbocycles. The zero-order chi connectivity index (χ0) is 22.6. The van der Waals surface area contributed by atoms with Crippen LogP contribution in [0.15, 0.2) is 27.6 Å². The normalized spacial score (nSPS) is 15.7. The van der Waals surface area contributed by atoms with Gasteiger partial charge in [-0.3, -0.25) is 4.79 Å². The van der Waals surface area contributed by atoms with Gasteiger partial charge >= 0.3 is 0 Å². The Balaban J connectivity index is 1.59. The van der Waals surface area contributed by atoms with Crippen LogP contribution in [0.4, 0.5) is 5.69 Å². The van der Waals surface area contributed by atoms with E-state index in [-0.39, 0.29) is 22.6 Å². The van der Waals surface area contributed by atoms with Crippen LogP contribution in [0, 0.1) is 6.92 Å². The average Bonchev–Trinajstić information content (AvgIpc) is 3.20. The first-order valence-electron chi connectivity index (χ1n) is 10.4. The number of aromatic nitrogens is 2. The quantitative estimate of drug-likeness (QED) is 0.689. The third kappa shape index (κ3) is 5.90. The topological polar surface area (TPSA) is 115 Å². The number of aryl methyl sites for hydroxylation is 2. The van der Waals surface area contributed by atoms with Gasteiger partial charge in [-0.15, -0.1) is 0 Å². The van der Waals surface area contributed by atoms with E-state index in [1.165, 1.54) is 10.4 Å². The summed E-state index contributed by atoms with van der Waals surface area (Å²) in [7, 11) is -3.63. The van der Waals surface area contributed by atoms with Crippen LogP contribution in [0.2, 0.25) is 0 Å². The first-order valence-corrected chi connectivity index (χ1v) is 11.8. The fraction of sp³-hybridized carbons (Fsp3) is 0.571. The second-order valence-corrected chi connectivity index (χ2v) is 10.6. The van der Waals surface area contributed by atoms with Gasteiger partial charge < -0.3 is 14.6 Å². The molecule has 1 aromatic heterocycles. The number of morpholine rings is 1. The monoisotopic (exact) mass is 450 g/mol. The molecule has 0 aliphatic carbocycles. The van der Waals surface area contributed by atoms with Gasteiger partial charge in [0.15, 0.2) is 5.82 Å². The second kappa shape index (κ2) is 9.46. The van der Waals surface area contributed by atoms with Gasteiger partial charge in [-0.05, 0) is 31.0 Å². The minimum Gasteiger partial charge on any atom is -0.379 e.